The number of pyridine rings is 1. The SMILES string of the molecule is O=C(NCc1ccnc(-n2cccn2)c1)NC[C@H]1CCOC1. The molecule has 1 fully saturated rings. The van der Waals surface area contributed by atoms with Crippen molar-refractivity contribution in [1.82, 2.24) is 25.4 Å². The molecule has 2 amide bonds. The van der Waals surface area contributed by atoms with Crippen LogP contribution >= 0.6 is 0 Å². The number of hydrogen-bond donors (Lipinski definition) is 2. The Hall–Kier alpha value is -2.41. The highest BCUT2D eigenvalue weighted by atomic mass is 16.5. The molecule has 1 atom stereocenters. The van der Waals surface area contributed by atoms with Crippen LogP contribution in [0.4, 0.5) is 4.79 Å². The first-order valence-corrected chi connectivity index (χ1v) is 7.35. The van der Waals surface area contributed by atoms with Gasteiger partial charge in [-0.1, -0.05) is 0 Å². The van der Waals surface area contributed by atoms with Crippen molar-refractivity contribution in [2.45, 2.75) is 13.0 Å². The Morgan fingerprint density at radius 3 is 3.14 bits per heavy atom. The van der Waals surface area contributed by atoms with Crippen LogP contribution in [-0.4, -0.2) is 40.6 Å². The fourth-order valence-electron chi connectivity index (χ4n) is 2.33. The number of urea groups is 1. The van der Waals surface area contributed by atoms with Crippen molar-refractivity contribution in [2.24, 2.45) is 5.92 Å². The first-order chi connectivity index (χ1) is 10.8. The van der Waals surface area contributed by atoms with Crippen molar-refractivity contribution in [1.29, 1.82) is 0 Å². The maximum Gasteiger partial charge on any atom is 0.315 e. The summed E-state index contributed by atoms with van der Waals surface area (Å²) < 4.78 is 6.96. The van der Waals surface area contributed by atoms with Crippen LogP contribution in [0.2, 0.25) is 0 Å². The largest absolute Gasteiger partial charge is 0.381 e. The summed E-state index contributed by atoms with van der Waals surface area (Å²) in [5.41, 5.74) is 0.972. The third-order valence-electron chi connectivity index (χ3n) is 3.58. The van der Waals surface area contributed by atoms with Crippen LogP contribution in [0.1, 0.15) is 12.0 Å². The smallest absolute Gasteiger partial charge is 0.315 e. The van der Waals surface area contributed by atoms with Gasteiger partial charge in [-0.25, -0.2) is 14.5 Å². The second kappa shape index (κ2) is 7.04. The maximum atomic E-state index is 11.8. The zero-order valence-electron chi connectivity index (χ0n) is 12.2. The Morgan fingerprint density at radius 1 is 1.41 bits per heavy atom. The summed E-state index contributed by atoms with van der Waals surface area (Å²) in [5.74, 6) is 1.16. The van der Waals surface area contributed by atoms with E-state index in [4.69, 9.17) is 4.74 Å². The number of ether oxygens (including phenoxy) is 1. The molecule has 0 unspecified atom stereocenters. The van der Waals surface area contributed by atoms with Crippen LogP contribution < -0.4 is 10.6 Å². The number of aromatic nitrogens is 3. The Bertz CT molecular complexity index is 608. The van der Waals surface area contributed by atoms with E-state index in [1.165, 1.54) is 0 Å². The second-order valence-electron chi connectivity index (χ2n) is 5.27. The van der Waals surface area contributed by atoms with Crippen molar-refractivity contribution >= 4 is 6.03 Å². The molecule has 3 rings (SSSR count). The quantitative estimate of drug-likeness (QED) is 0.866. The van der Waals surface area contributed by atoms with Gasteiger partial charge >= 0.3 is 6.03 Å². The number of rotatable bonds is 5. The summed E-state index contributed by atoms with van der Waals surface area (Å²) in [5, 5.41) is 9.86. The molecule has 0 spiro atoms. The summed E-state index contributed by atoms with van der Waals surface area (Å²) in [6, 6.07) is 5.45. The minimum absolute atomic E-state index is 0.163. The molecule has 22 heavy (non-hydrogen) atoms. The van der Waals surface area contributed by atoms with Crippen LogP contribution in [0, 0.1) is 5.92 Å². The van der Waals surface area contributed by atoms with E-state index in [2.05, 4.69) is 20.7 Å². The Morgan fingerprint density at radius 2 is 2.36 bits per heavy atom. The number of carbonyl (C=O) groups excluding carboxylic acids is 1. The van der Waals surface area contributed by atoms with E-state index in [1.807, 2.05) is 24.4 Å². The van der Waals surface area contributed by atoms with E-state index in [0.29, 0.717) is 19.0 Å². The minimum Gasteiger partial charge on any atom is -0.381 e. The Kier molecular flexibility index (Phi) is 4.65. The lowest BCUT2D eigenvalue weighted by molar-refractivity contribution is 0.185. The summed E-state index contributed by atoms with van der Waals surface area (Å²) in [7, 11) is 0. The molecule has 3 heterocycles. The molecular weight excluding hydrogens is 282 g/mol. The van der Waals surface area contributed by atoms with Gasteiger partial charge in [0.15, 0.2) is 5.82 Å². The molecule has 1 aliphatic heterocycles. The summed E-state index contributed by atoms with van der Waals surface area (Å²) in [4.78, 5) is 16.0. The van der Waals surface area contributed by atoms with Gasteiger partial charge in [0.05, 0.1) is 6.61 Å². The zero-order chi connectivity index (χ0) is 15.2. The van der Waals surface area contributed by atoms with Crippen molar-refractivity contribution in [3.63, 3.8) is 0 Å². The number of amides is 2. The molecule has 7 heteroatoms. The van der Waals surface area contributed by atoms with Crippen molar-refractivity contribution in [3.05, 3.63) is 42.4 Å². The van der Waals surface area contributed by atoms with Gasteiger partial charge in [-0.15, -0.1) is 0 Å². The van der Waals surface area contributed by atoms with Crippen molar-refractivity contribution < 1.29 is 9.53 Å². The molecular formula is C15H19N5O2. The highest BCUT2D eigenvalue weighted by Gasteiger charge is 2.16. The molecule has 0 aromatic carbocycles. The molecule has 1 saturated heterocycles. The number of nitrogens with one attached hydrogen (secondary N) is 2. The molecule has 1 aliphatic rings. The molecule has 0 radical (unpaired) electrons. The topological polar surface area (TPSA) is 81.1 Å². The highest BCUT2D eigenvalue weighted by Crippen LogP contribution is 2.10. The first-order valence-electron chi connectivity index (χ1n) is 7.35. The van der Waals surface area contributed by atoms with Gasteiger partial charge in [0.2, 0.25) is 0 Å². The number of nitrogens with zero attached hydrogens (tertiary/aromatic N) is 3. The van der Waals surface area contributed by atoms with E-state index in [1.54, 1.807) is 17.1 Å². The second-order valence-corrected chi connectivity index (χ2v) is 5.27. The summed E-state index contributed by atoms with van der Waals surface area (Å²) >= 11 is 0. The van der Waals surface area contributed by atoms with Crippen LogP contribution in [0.5, 0.6) is 0 Å². The van der Waals surface area contributed by atoms with Gasteiger partial charge in [0, 0.05) is 44.2 Å². The normalized spacial score (nSPS) is 17.4. The lowest BCUT2D eigenvalue weighted by Gasteiger charge is -2.11. The van der Waals surface area contributed by atoms with Crippen LogP contribution in [-0.2, 0) is 11.3 Å². The monoisotopic (exact) mass is 301 g/mol. The van der Waals surface area contributed by atoms with Crippen LogP contribution in [0.15, 0.2) is 36.8 Å². The molecule has 7 nitrogen and oxygen atoms in total. The lowest BCUT2D eigenvalue weighted by Crippen LogP contribution is -2.38. The van der Waals surface area contributed by atoms with E-state index in [0.717, 1.165) is 31.0 Å². The van der Waals surface area contributed by atoms with Gasteiger partial charge in [0.25, 0.3) is 0 Å². The van der Waals surface area contributed by atoms with E-state index >= 15 is 0 Å². The zero-order valence-corrected chi connectivity index (χ0v) is 12.2. The van der Waals surface area contributed by atoms with Gasteiger partial charge in [-0.05, 0) is 30.2 Å². The van der Waals surface area contributed by atoms with Crippen molar-refractivity contribution in [2.75, 3.05) is 19.8 Å². The van der Waals surface area contributed by atoms with Gasteiger partial charge in [-0.3, -0.25) is 0 Å². The Labute approximate surface area is 128 Å². The van der Waals surface area contributed by atoms with Gasteiger partial charge < -0.3 is 15.4 Å². The molecule has 2 aromatic rings. The summed E-state index contributed by atoms with van der Waals surface area (Å²) in [6.45, 7) is 2.63. The fraction of sp³-hybridized carbons (Fsp3) is 0.400. The van der Waals surface area contributed by atoms with Crippen molar-refractivity contribution in [3.8, 4) is 5.82 Å². The average molecular weight is 301 g/mol. The fourth-order valence-corrected chi connectivity index (χ4v) is 2.33. The molecule has 2 aromatic heterocycles. The third-order valence-corrected chi connectivity index (χ3v) is 3.58. The van der Waals surface area contributed by atoms with Gasteiger partial charge in [0.1, 0.15) is 0 Å². The molecule has 2 N–H and O–H groups in total. The van der Waals surface area contributed by atoms with E-state index < -0.39 is 0 Å². The molecule has 0 saturated carbocycles. The average Bonchev–Trinajstić information content (AvgIpc) is 3.24. The van der Waals surface area contributed by atoms with Crippen LogP contribution in [0.25, 0.3) is 5.82 Å². The predicted octanol–water partition coefficient (Wildman–Crippen LogP) is 1.10. The van der Waals surface area contributed by atoms with E-state index in [9.17, 15) is 4.79 Å². The predicted molar refractivity (Wildman–Crippen MR) is 80.5 cm³/mol. The third kappa shape index (κ3) is 3.82. The molecule has 116 valence electrons. The maximum absolute atomic E-state index is 11.8. The van der Waals surface area contributed by atoms with Gasteiger partial charge in [-0.2, -0.15) is 5.10 Å². The number of carbonyl (C=O) groups is 1. The molecule has 0 bridgehead atoms. The highest BCUT2D eigenvalue weighted by molar-refractivity contribution is 5.73. The van der Waals surface area contributed by atoms with E-state index in [-0.39, 0.29) is 6.03 Å². The Balaban J connectivity index is 1.48. The number of hydrogen-bond acceptors (Lipinski definition) is 4. The lowest BCUT2D eigenvalue weighted by atomic mass is 10.1. The summed E-state index contributed by atoms with van der Waals surface area (Å²) in [6.07, 6.45) is 6.25. The standard InChI is InChI=1S/C15H19N5O2/c21-15(18-10-13-3-7-22-11-13)17-9-12-2-5-16-14(8-12)20-6-1-4-19-20/h1-2,4-6,8,13H,3,7,9-11H2,(H2,17,18,21)/t13-/m1/s1. The first kappa shape index (κ1) is 14.5. The molecule has 0 aliphatic carbocycles. The van der Waals surface area contributed by atoms with Crippen LogP contribution in [0.3, 0.4) is 0 Å². The minimum atomic E-state index is -0.163.